The van der Waals surface area contributed by atoms with Crippen LogP contribution in [0.4, 0.5) is 0 Å². The number of ether oxygens (including phenoxy) is 1. The van der Waals surface area contributed by atoms with E-state index < -0.39 is 5.97 Å². The highest BCUT2D eigenvalue weighted by molar-refractivity contribution is 5.90. The molecule has 0 saturated heterocycles. The third-order valence-corrected chi connectivity index (χ3v) is 3.65. The molecule has 0 bridgehead atoms. The molecule has 0 amide bonds. The molecule has 1 heterocycles. The molecule has 5 heteroatoms. The second-order valence-electron chi connectivity index (χ2n) is 5.42. The topological polar surface area (TPSA) is 72.3 Å². The Hall–Kier alpha value is -2.43. The minimum atomic E-state index is -1.09. The van der Waals surface area contributed by atoms with E-state index in [1.165, 1.54) is 17.8 Å². The predicted molar refractivity (Wildman–Crippen MR) is 78.8 cm³/mol. The van der Waals surface area contributed by atoms with Crippen molar-refractivity contribution < 1.29 is 14.6 Å². The number of nitrogens with zero attached hydrogens (tertiary/aromatic N) is 2. The van der Waals surface area contributed by atoms with Crippen molar-refractivity contribution in [1.29, 1.82) is 0 Å². The Bertz CT molecular complexity index is 636. The fraction of sp³-hybridized carbons (Fsp3) is 0.312. The zero-order valence-corrected chi connectivity index (χ0v) is 12.3. The van der Waals surface area contributed by atoms with Crippen molar-refractivity contribution in [3.8, 4) is 11.6 Å². The first-order valence-electron chi connectivity index (χ1n) is 6.77. The van der Waals surface area contributed by atoms with Crippen LogP contribution in [-0.4, -0.2) is 21.3 Å². The molecule has 0 aliphatic carbocycles. The third-order valence-electron chi connectivity index (χ3n) is 3.65. The highest BCUT2D eigenvalue weighted by Crippen LogP contribution is 2.29. The smallest absolute Gasteiger partial charge is 0.341 e. The van der Waals surface area contributed by atoms with Crippen molar-refractivity contribution in [3.63, 3.8) is 0 Å². The van der Waals surface area contributed by atoms with Crippen molar-refractivity contribution in [1.82, 2.24) is 10.2 Å². The minimum absolute atomic E-state index is 0.00694. The molecule has 0 saturated carbocycles. The van der Waals surface area contributed by atoms with Gasteiger partial charge in [0.05, 0.1) is 6.20 Å². The number of rotatable bonds is 5. The molecular weight excluding hydrogens is 268 g/mol. The maximum Gasteiger partial charge on any atom is 0.341 e. The van der Waals surface area contributed by atoms with Crippen LogP contribution in [0.15, 0.2) is 36.5 Å². The molecule has 0 atom stereocenters. The lowest BCUT2D eigenvalue weighted by Gasteiger charge is -2.23. The molecule has 1 N–H and O–H groups in total. The van der Waals surface area contributed by atoms with E-state index in [9.17, 15) is 4.79 Å². The lowest BCUT2D eigenvalue weighted by atomic mass is 9.82. The maximum absolute atomic E-state index is 11.1. The molecule has 0 aliphatic rings. The molecule has 0 aliphatic heterocycles. The summed E-state index contributed by atoms with van der Waals surface area (Å²) in [7, 11) is 0. The minimum Gasteiger partial charge on any atom is -0.477 e. The summed E-state index contributed by atoms with van der Waals surface area (Å²) in [5, 5.41) is 16.5. The van der Waals surface area contributed by atoms with Crippen LogP contribution in [0, 0.1) is 0 Å². The Morgan fingerprint density at radius 1 is 1.24 bits per heavy atom. The number of benzene rings is 1. The third kappa shape index (κ3) is 3.37. The fourth-order valence-corrected chi connectivity index (χ4v) is 1.85. The number of carboxylic acid groups (broad SMARTS) is 1. The van der Waals surface area contributed by atoms with Crippen LogP contribution in [0.1, 0.15) is 43.1 Å². The summed E-state index contributed by atoms with van der Waals surface area (Å²) in [6.07, 6.45) is 2.35. The molecule has 110 valence electrons. The van der Waals surface area contributed by atoms with Gasteiger partial charge < -0.3 is 9.84 Å². The first-order valence-corrected chi connectivity index (χ1v) is 6.77. The van der Waals surface area contributed by atoms with E-state index in [0.29, 0.717) is 5.75 Å². The predicted octanol–water partition coefficient (Wildman–Crippen LogP) is 3.65. The Morgan fingerprint density at radius 3 is 2.48 bits per heavy atom. The van der Waals surface area contributed by atoms with Crippen molar-refractivity contribution in [2.24, 2.45) is 0 Å². The van der Waals surface area contributed by atoms with Crippen LogP contribution in [-0.2, 0) is 5.41 Å². The average Bonchev–Trinajstić information content (AvgIpc) is 2.48. The number of hydrogen-bond acceptors (Lipinski definition) is 4. The van der Waals surface area contributed by atoms with Gasteiger partial charge in [0.2, 0.25) is 0 Å². The zero-order chi connectivity index (χ0) is 15.5. The van der Waals surface area contributed by atoms with E-state index in [2.05, 4.69) is 31.0 Å². The molecule has 0 fully saturated rings. The summed E-state index contributed by atoms with van der Waals surface area (Å²) in [5.74, 6) is -0.565. The number of carbonyl (C=O) groups is 1. The van der Waals surface area contributed by atoms with Crippen molar-refractivity contribution in [2.75, 3.05) is 0 Å². The second kappa shape index (κ2) is 5.91. The van der Waals surface area contributed by atoms with Gasteiger partial charge in [0.25, 0.3) is 5.88 Å². The fourth-order valence-electron chi connectivity index (χ4n) is 1.85. The van der Waals surface area contributed by atoms with E-state index in [1.807, 2.05) is 24.3 Å². The Kier molecular flexibility index (Phi) is 4.21. The Labute approximate surface area is 123 Å². The van der Waals surface area contributed by atoms with Gasteiger partial charge in [0, 0.05) is 0 Å². The summed E-state index contributed by atoms with van der Waals surface area (Å²) >= 11 is 0. The van der Waals surface area contributed by atoms with Crippen LogP contribution in [0.3, 0.4) is 0 Å². The molecule has 0 spiro atoms. The van der Waals surface area contributed by atoms with Gasteiger partial charge in [-0.15, -0.1) is 5.10 Å². The molecule has 0 unspecified atom stereocenters. The molecular formula is C16H18N2O3. The van der Waals surface area contributed by atoms with Crippen LogP contribution in [0.2, 0.25) is 0 Å². The summed E-state index contributed by atoms with van der Waals surface area (Å²) in [6, 6.07) is 8.95. The van der Waals surface area contributed by atoms with E-state index in [1.54, 1.807) is 0 Å². The van der Waals surface area contributed by atoms with Gasteiger partial charge in [-0.2, -0.15) is 5.10 Å². The first kappa shape index (κ1) is 15.0. The van der Waals surface area contributed by atoms with Gasteiger partial charge in [-0.25, -0.2) is 4.79 Å². The highest BCUT2D eigenvalue weighted by Gasteiger charge is 2.18. The average molecular weight is 286 g/mol. The number of hydrogen-bond donors (Lipinski definition) is 1. The number of carboxylic acids is 1. The number of aromatic nitrogens is 2. The summed E-state index contributed by atoms with van der Waals surface area (Å²) < 4.78 is 5.52. The largest absolute Gasteiger partial charge is 0.477 e. The Balaban J connectivity index is 2.24. The summed E-state index contributed by atoms with van der Waals surface area (Å²) in [4.78, 5) is 11.1. The van der Waals surface area contributed by atoms with Gasteiger partial charge in [-0.1, -0.05) is 32.9 Å². The Morgan fingerprint density at radius 2 is 1.90 bits per heavy atom. The van der Waals surface area contributed by atoms with E-state index in [4.69, 9.17) is 9.84 Å². The summed E-state index contributed by atoms with van der Waals surface area (Å²) in [6.45, 7) is 6.49. The second-order valence-corrected chi connectivity index (χ2v) is 5.42. The van der Waals surface area contributed by atoms with Gasteiger partial charge in [-0.3, -0.25) is 0 Å². The molecule has 2 rings (SSSR count). The molecule has 5 nitrogen and oxygen atoms in total. The normalized spacial score (nSPS) is 11.2. The van der Waals surface area contributed by atoms with E-state index in [0.717, 1.165) is 6.42 Å². The molecule has 1 aromatic heterocycles. The SMILES string of the molecule is CCC(C)(C)c1ccc(Oc2nnccc2C(=O)O)cc1. The quantitative estimate of drug-likeness (QED) is 0.908. The van der Waals surface area contributed by atoms with Crippen molar-refractivity contribution >= 4 is 5.97 Å². The maximum atomic E-state index is 11.1. The van der Waals surface area contributed by atoms with E-state index in [-0.39, 0.29) is 16.9 Å². The molecule has 1 aromatic carbocycles. The van der Waals surface area contributed by atoms with Crippen molar-refractivity contribution in [2.45, 2.75) is 32.6 Å². The van der Waals surface area contributed by atoms with Gasteiger partial charge in [0.1, 0.15) is 11.3 Å². The van der Waals surface area contributed by atoms with Crippen LogP contribution >= 0.6 is 0 Å². The van der Waals surface area contributed by atoms with Crippen molar-refractivity contribution in [3.05, 3.63) is 47.7 Å². The monoisotopic (exact) mass is 286 g/mol. The first-order chi connectivity index (χ1) is 9.94. The van der Waals surface area contributed by atoms with E-state index >= 15 is 0 Å². The van der Waals surface area contributed by atoms with Crippen LogP contribution < -0.4 is 4.74 Å². The molecule has 2 aromatic rings. The van der Waals surface area contributed by atoms with Gasteiger partial charge in [-0.05, 0) is 35.6 Å². The molecule has 21 heavy (non-hydrogen) atoms. The number of aromatic carboxylic acids is 1. The molecule has 0 radical (unpaired) electrons. The lowest BCUT2D eigenvalue weighted by Crippen LogP contribution is -2.14. The zero-order valence-electron chi connectivity index (χ0n) is 12.3. The standard InChI is InChI=1S/C16H18N2O3/c1-4-16(2,3)11-5-7-12(8-6-11)21-14-13(15(19)20)9-10-17-18-14/h5-10H,4H2,1-3H3,(H,19,20). The van der Waals surface area contributed by atoms with Gasteiger partial charge in [0.15, 0.2) is 0 Å². The summed E-state index contributed by atoms with van der Waals surface area (Å²) in [5.41, 5.74) is 1.29. The highest BCUT2D eigenvalue weighted by atomic mass is 16.5. The van der Waals surface area contributed by atoms with Crippen LogP contribution in [0.5, 0.6) is 11.6 Å². The van der Waals surface area contributed by atoms with Gasteiger partial charge >= 0.3 is 5.97 Å². The lowest BCUT2D eigenvalue weighted by molar-refractivity contribution is 0.0693. The van der Waals surface area contributed by atoms with Crippen LogP contribution in [0.25, 0.3) is 0 Å².